The monoisotopic (exact) mass is 302 g/mol. The molecule has 2 unspecified atom stereocenters. The molecule has 1 heterocycles. The highest BCUT2D eigenvalue weighted by molar-refractivity contribution is 6.31. The molecule has 1 N–H and O–H groups in total. The van der Waals surface area contributed by atoms with Crippen LogP contribution in [0.4, 0.5) is 0 Å². The SMILES string of the molecule is Cc1ccc(Cl)cc1C(=O)N1CC(C)NC(C)C1.Cl. The van der Waals surface area contributed by atoms with Gasteiger partial charge >= 0.3 is 0 Å². The maximum atomic E-state index is 12.5. The van der Waals surface area contributed by atoms with Crippen molar-refractivity contribution in [3.05, 3.63) is 34.3 Å². The molecular formula is C14H20Cl2N2O. The van der Waals surface area contributed by atoms with Gasteiger partial charge in [-0.2, -0.15) is 0 Å². The van der Waals surface area contributed by atoms with Crippen molar-refractivity contribution in [2.75, 3.05) is 13.1 Å². The zero-order valence-corrected chi connectivity index (χ0v) is 13.0. The lowest BCUT2D eigenvalue weighted by Crippen LogP contribution is -2.55. The quantitative estimate of drug-likeness (QED) is 0.865. The van der Waals surface area contributed by atoms with E-state index in [4.69, 9.17) is 11.6 Å². The second kappa shape index (κ2) is 6.60. The molecule has 106 valence electrons. The van der Waals surface area contributed by atoms with Crippen molar-refractivity contribution >= 4 is 29.9 Å². The van der Waals surface area contributed by atoms with Crippen molar-refractivity contribution in [1.82, 2.24) is 10.2 Å². The lowest BCUT2D eigenvalue weighted by atomic mass is 10.1. The number of amides is 1. The van der Waals surface area contributed by atoms with Crippen LogP contribution < -0.4 is 5.32 Å². The minimum Gasteiger partial charge on any atom is -0.336 e. The second-order valence-electron chi connectivity index (χ2n) is 5.14. The molecule has 1 fully saturated rings. The number of aryl methyl sites for hydroxylation is 1. The standard InChI is InChI=1S/C14H19ClN2O.ClH/c1-9-4-5-12(15)6-13(9)14(18)17-7-10(2)16-11(3)8-17;/h4-6,10-11,16H,7-8H2,1-3H3;1H. The zero-order valence-electron chi connectivity index (χ0n) is 11.4. The van der Waals surface area contributed by atoms with Crippen molar-refractivity contribution in [3.8, 4) is 0 Å². The molecule has 0 radical (unpaired) electrons. The van der Waals surface area contributed by atoms with Crippen LogP contribution in [0.25, 0.3) is 0 Å². The van der Waals surface area contributed by atoms with E-state index in [1.807, 2.05) is 24.0 Å². The Bertz CT molecular complexity index is 455. The third-order valence-corrected chi connectivity index (χ3v) is 3.51. The lowest BCUT2D eigenvalue weighted by Gasteiger charge is -2.36. The Morgan fingerprint density at radius 1 is 1.32 bits per heavy atom. The smallest absolute Gasteiger partial charge is 0.254 e. The number of hydrogen-bond acceptors (Lipinski definition) is 2. The van der Waals surface area contributed by atoms with Crippen LogP contribution in [0.15, 0.2) is 18.2 Å². The number of carbonyl (C=O) groups excluding carboxylic acids is 1. The van der Waals surface area contributed by atoms with E-state index in [9.17, 15) is 4.79 Å². The predicted octanol–water partition coefficient (Wildman–Crippen LogP) is 2.89. The Morgan fingerprint density at radius 3 is 2.47 bits per heavy atom. The summed E-state index contributed by atoms with van der Waals surface area (Å²) in [6.07, 6.45) is 0. The molecule has 1 aromatic carbocycles. The molecule has 1 aliphatic rings. The van der Waals surface area contributed by atoms with Crippen molar-refractivity contribution in [1.29, 1.82) is 0 Å². The summed E-state index contributed by atoms with van der Waals surface area (Å²) in [7, 11) is 0. The molecule has 0 saturated carbocycles. The fraction of sp³-hybridized carbons (Fsp3) is 0.500. The Hall–Kier alpha value is -0.770. The van der Waals surface area contributed by atoms with Gasteiger partial charge in [0.15, 0.2) is 0 Å². The third-order valence-electron chi connectivity index (χ3n) is 3.27. The van der Waals surface area contributed by atoms with E-state index >= 15 is 0 Å². The van der Waals surface area contributed by atoms with Gasteiger partial charge in [0.2, 0.25) is 0 Å². The first-order chi connectivity index (χ1) is 8.47. The van der Waals surface area contributed by atoms with E-state index in [0.29, 0.717) is 22.7 Å². The Kier molecular flexibility index (Phi) is 5.65. The van der Waals surface area contributed by atoms with Crippen LogP contribution in [0.5, 0.6) is 0 Å². The molecule has 2 rings (SSSR count). The van der Waals surface area contributed by atoms with Crippen molar-refractivity contribution in [3.63, 3.8) is 0 Å². The molecule has 1 aliphatic heterocycles. The topological polar surface area (TPSA) is 32.3 Å². The first-order valence-corrected chi connectivity index (χ1v) is 6.66. The fourth-order valence-electron chi connectivity index (χ4n) is 2.49. The van der Waals surface area contributed by atoms with Gasteiger partial charge in [0.1, 0.15) is 0 Å². The molecule has 1 amide bonds. The molecule has 0 bridgehead atoms. The van der Waals surface area contributed by atoms with Crippen LogP contribution in [0, 0.1) is 6.92 Å². The number of rotatable bonds is 1. The number of halogens is 2. The van der Waals surface area contributed by atoms with E-state index in [1.54, 1.807) is 6.07 Å². The Labute approximate surface area is 125 Å². The molecular weight excluding hydrogens is 283 g/mol. The molecule has 0 aromatic heterocycles. The van der Waals surface area contributed by atoms with Crippen LogP contribution in [-0.2, 0) is 0 Å². The van der Waals surface area contributed by atoms with Crippen LogP contribution >= 0.6 is 24.0 Å². The first kappa shape index (κ1) is 16.3. The van der Waals surface area contributed by atoms with Gasteiger partial charge in [-0.1, -0.05) is 17.7 Å². The molecule has 0 spiro atoms. The molecule has 3 nitrogen and oxygen atoms in total. The number of carbonyl (C=O) groups is 1. The van der Waals surface area contributed by atoms with Crippen LogP contribution in [0.2, 0.25) is 5.02 Å². The molecule has 2 atom stereocenters. The third kappa shape index (κ3) is 3.85. The van der Waals surface area contributed by atoms with Gasteiger partial charge in [-0.05, 0) is 38.5 Å². The van der Waals surface area contributed by atoms with Gasteiger partial charge in [-0.3, -0.25) is 4.79 Å². The van der Waals surface area contributed by atoms with Crippen LogP contribution in [-0.4, -0.2) is 36.0 Å². The van der Waals surface area contributed by atoms with Gasteiger partial charge in [-0.25, -0.2) is 0 Å². The highest BCUT2D eigenvalue weighted by atomic mass is 35.5. The summed E-state index contributed by atoms with van der Waals surface area (Å²) in [6, 6.07) is 6.13. The predicted molar refractivity (Wildman–Crippen MR) is 81.4 cm³/mol. The van der Waals surface area contributed by atoms with E-state index < -0.39 is 0 Å². The van der Waals surface area contributed by atoms with Crippen LogP contribution in [0.3, 0.4) is 0 Å². The van der Waals surface area contributed by atoms with Gasteiger partial charge < -0.3 is 10.2 Å². The summed E-state index contributed by atoms with van der Waals surface area (Å²) in [5, 5.41) is 4.03. The highest BCUT2D eigenvalue weighted by Crippen LogP contribution is 2.18. The first-order valence-electron chi connectivity index (χ1n) is 6.29. The lowest BCUT2D eigenvalue weighted by molar-refractivity contribution is 0.0673. The summed E-state index contributed by atoms with van der Waals surface area (Å²) in [5.41, 5.74) is 1.69. The zero-order chi connectivity index (χ0) is 13.3. The second-order valence-corrected chi connectivity index (χ2v) is 5.57. The molecule has 19 heavy (non-hydrogen) atoms. The summed E-state index contributed by atoms with van der Waals surface area (Å²) < 4.78 is 0. The van der Waals surface area contributed by atoms with E-state index in [-0.39, 0.29) is 18.3 Å². The Balaban J connectivity index is 0.00000180. The molecule has 1 aromatic rings. The average molecular weight is 303 g/mol. The van der Waals surface area contributed by atoms with Gasteiger partial charge in [0.25, 0.3) is 5.91 Å². The fourth-order valence-corrected chi connectivity index (χ4v) is 2.66. The maximum absolute atomic E-state index is 12.5. The highest BCUT2D eigenvalue weighted by Gasteiger charge is 2.26. The molecule has 1 saturated heterocycles. The summed E-state index contributed by atoms with van der Waals surface area (Å²) in [4.78, 5) is 14.4. The van der Waals surface area contributed by atoms with Crippen LogP contribution in [0.1, 0.15) is 29.8 Å². The molecule has 5 heteroatoms. The largest absolute Gasteiger partial charge is 0.336 e. The minimum absolute atomic E-state index is 0. The van der Waals surface area contributed by atoms with E-state index in [0.717, 1.165) is 18.7 Å². The van der Waals surface area contributed by atoms with Crippen molar-refractivity contribution in [2.24, 2.45) is 0 Å². The Morgan fingerprint density at radius 2 is 1.89 bits per heavy atom. The normalized spacial score (nSPS) is 22.8. The number of hydrogen-bond donors (Lipinski definition) is 1. The maximum Gasteiger partial charge on any atom is 0.254 e. The van der Waals surface area contributed by atoms with Crippen molar-refractivity contribution in [2.45, 2.75) is 32.9 Å². The van der Waals surface area contributed by atoms with Crippen molar-refractivity contribution < 1.29 is 4.79 Å². The van der Waals surface area contributed by atoms with Gasteiger partial charge in [0, 0.05) is 35.8 Å². The number of nitrogens with zero attached hydrogens (tertiary/aromatic N) is 1. The van der Waals surface area contributed by atoms with E-state index in [2.05, 4.69) is 19.2 Å². The molecule has 0 aliphatic carbocycles. The summed E-state index contributed by atoms with van der Waals surface area (Å²) >= 11 is 5.97. The number of piperazine rings is 1. The summed E-state index contributed by atoms with van der Waals surface area (Å²) in [5.74, 6) is 0.0789. The summed E-state index contributed by atoms with van der Waals surface area (Å²) in [6.45, 7) is 7.63. The van der Waals surface area contributed by atoms with Gasteiger partial charge in [0.05, 0.1) is 0 Å². The number of benzene rings is 1. The van der Waals surface area contributed by atoms with Gasteiger partial charge in [-0.15, -0.1) is 12.4 Å². The average Bonchev–Trinajstić information content (AvgIpc) is 2.30. The minimum atomic E-state index is 0. The number of nitrogens with one attached hydrogen (secondary N) is 1. The van der Waals surface area contributed by atoms with E-state index in [1.165, 1.54) is 0 Å².